The third-order valence-corrected chi connectivity index (χ3v) is 7.69. The highest BCUT2D eigenvalue weighted by Crippen LogP contribution is 2.30. The molecule has 0 aliphatic rings. The van der Waals surface area contributed by atoms with Gasteiger partial charge >= 0.3 is 5.97 Å². The van der Waals surface area contributed by atoms with Gasteiger partial charge in [-0.15, -0.1) is 0 Å². The highest BCUT2D eigenvalue weighted by atomic mass is 19.1. The molecular formula is C34H31FN2O4. The summed E-state index contributed by atoms with van der Waals surface area (Å²) in [4.78, 5) is 24.8. The molecule has 6 nitrogen and oxygen atoms in total. The van der Waals surface area contributed by atoms with E-state index in [-0.39, 0.29) is 17.2 Å². The molecule has 1 amide bonds. The molecule has 0 aliphatic carbocycles. The lowest BCUT2D eigenvalue weighted by molar-refractivity contribution is 0.0697. The number of amides is 1. The molecule has 7 heteroatoms. The number of hydrogen-bond acceptors (Lipinski definition) is 3. The fourth-order valence-corrected chi connectivity index (χ4v) is 5.27. The van der Waals surface area contributed by atoms with Gasteiger partial charge in [0.25, 0.3) is 5.91 Å². The molecule has 0 spiro atoms. The van der Waals surface area contributed by atoms with Gasteiger partial charge < -0.3 is 19.7 Å². The van der Waals surface area contributed by atoms with Crippen LogP contribution >= 0.6 is 0 Å². The van der Waals surface area contributed by atoms with E-state index in [1.54, 1.807) is 43.3 Å². The fourth-order valence-electron chi connectivity index (χ4n) is 5.27. The second-order valence-corrected chi connectivity index (χ2v) is 10.1. The van der Waals surface area contributed by atoms with E-state index in [0.29, 0.717) is 23.2 Å². The van der Waals surface area contributed by atoms with E-state index in [9.17, 15) is 19.1 Å². The maximum absolute atomic E-state index is 14.7. The van der Waals surface area contributed by atoms with Crippen LogP contribution in [0, 0.1) is 19.7 Å². The largest absolute Gasteiger partial charge is 0.494 e. The molecule has 0 fully saturated rings. The van der Waals surface area contributed by atoms with Crippen molar-refractivity contribution in [3.05, 3.63) is 124 Å². The predicted molar refractivity (Wildman–Crippen MR) is 158 cm³/mol. The van der Waals surface area contributed by atoms with Crippen molar-refractivity contribution in [3.8, 4) is 16.9 Å². The smallest absolute Gasteiger partial charge is 0.336 e. The number of nitrogens with zero attached hydrogens (tertiary/aromatic N) is 1. The fraction of sp³-hybridized carbons (Fsp3) is 0.176. The molecule has 0 bridgehead atoms. The summed E-state index contributed by atoms with van der Waals surface area (Å²) >= 11 is 0. The maximum atomic E-state index is 14.7. The van der Waals surface area contributed by atoms with Gasteiger partial charge in [-0.2, -0.15) is 0 Å². The minimum Gasteiger partial charge on any atom is -0.494 e. The number of aromatic nitrogens is 1. The summed E-state index contributed by atoms with van der Waals surface area (Å²) in [7, 11) is 1.41. The van der Waals surface area contributed by atoms with Crippen LogP contribution in [0.25, 0.3) is 22.0 Å². The molecule has 5 aromatic rings. The number of hydrogen-bond donors (Lipinski definition) is 2. The van der Waals surface area contributed by atoms with E-state index < -0.39 is 17.8 Å². The van der Waals surface area contributed by atoms with Crippen molar-refractivity contribution < 1.29 is 23.8 Å². The van der Waals surface area contributed by atoms with Crippen molar-refractivity contribution in [3.63, 3.8) is 0 Å². The number of carboxylic acid groups (broad SMARTS) is 1. The Morgan fingerprint density at radius 2 is 1.71 bits per heavy atom. The van der Waals surface area contributed by atoms with Gasteiger partial charge in [0, 0.05) is 34.3 Å². The van der Waals surface area contributed by atoms with Gasteiger partial charge in [0.05, 0.1) is 18.7 Å². The number of benzene rings is 4. The monoisotopic (exact) mass is 550 g/mol. The first-order valence-electron chi connectivity index (χ1n) is 13.3. The Bertz CT molecular complexity index is 1770. The van der Waals surface area contributed by atoms with Crippen LogP contribution < -0.4 is 10.1 Å². The molecule has 0 saturated carbocycles. The molecule has 1 heterocycles. The summed E-state index contributed by atoms with van der Waals surface area (Å²) in [5, 5.41) is 13.4. The minimum absolute atomic E-state index is 0.136. The quantitative estimate of drug-likeness (QED) is 0.212. The van der Waals surface area contributed by atoms with Crippen LogP contribution in [0.3, 0.4) is 0 Å². The molecule has 5 rings (SSSR count). The first kappa shape index (κ1) is 27.6. The maximum Gasteiger partial charge on any atom is 0.336 e. The average Bonchev–Trinajstić information content (AvgIpc) is 3.21. The van der Waals surface area contributed by atoms with E-state index in [1.165, 1.54) is 7.11 Å². The van der Waals surface area contributed by atoms with Gasteiger partial charge in [0.2, 0.25) is 0 Å². The van der Waals surface area contributed by atoms with Gasteiger partial charge in [-0.25, -0.2) is 9.18 Å². The van der Waals surface area contributed by atoms with Crippen LogP contribution in [-0.2, 0) is 6.54 Å². The molecule has 0 radical (unpaired) electrons. The molecule has 1 unspecified atom stereocenters. The van der Waals surface area contributed by atoms with Gasteiger partial charge in [-0.3, -0.25) is 4.79 Å². The summed E-state index contributed by atoms with van der Waals surface area (Å²) in [5.41, 5.74) is 6.88. The molecule has 1 atom stereocenters. The number of nitrogens with one attached hydrogen (secondary N) is 1. The van der Waals surface area contributed by atoms with Crippen molar-refractivity contribution in [1.82, 2.24) is 9.88 Å². The molecule has 4 aromatic carbocycles. The number of methoxy groups -OCH3 is 1. The molecule has 41 heavy (non-hydrogen) atoms. The number of carbonyl (C=O) groups is 2. The van der Waals surface area contributed by atoms with E-state index in [2.05, 4.69) is 16.8 Å². The lowest BCUT2D eigenvalue weighted by Crippen LogP contribution is -2.27. The number of aromatic carboxylic acids is 1. The van der Waals surface area contributed by atoms with Crippen molar-refractivity contribution >= 4 is 22.8 Å². The number of ether oxygens (including phenoxy) is 1. The number of aryl methyl sites for hydroxylation is 1. The Balaban J connectivity index is 1.38. The van der Waals surface area contributed by atoms with E-state index in [0.717, 1.165) is 33.3 Å². The third kappa shape index (κ3) is 5.31. The number of rotatable bonds is 8. The summed E-state index contributed by atoms with van der Waals surface area (Å²) in [6, 6.07) is 24.8. The minimum atomic E-state index is -0.954. The number of halogens is 1. The normalized spacial score (nSPS) is 11.8. The van der Waals surface area contributed by atoms with Crippen LogP contribution in [0.4, 0.5) is 4.39 Å². The zero-order valence-corrected chi connectivity index (χ0v) is 23.4. The Kier molecular flexibility index (Phi) is 7.62. The summed E-state index contributed by atoms with van der Waals surface area (Å²) < 4.78 is 22.0. The van der Waals surface area contributed by atoms with Crippen LogP contribution in [0.1, 0.15) is 56.1 Å². The van der Waals surface area contributed by atoms with Crippen molar-refractivity contribution in [2.24, 2.45) is 0 Å². The van der Waals surface area contributed by atoms with E-state index in [1.807, 2.05) is 55.5 Å². The molecule has 0 aliphatic heterocycles. The second-order valence-electron chi connectivity index (χ2n) is 10.1. The Morgan fingerprint density at radius 1 is 0.976 bits per heavy atom. The second kappa shape index (κ2) is 11.3. The van der Waals surface area contributed by atoms with Gasteiger partial charge in [-0.05, 0) is 73.4 Å². The van der Waals surface area contributed by atoms with Crippen molar-refractivity contribution in [2.75, 3.05) is 7.11 Å². The standard InChI is InChI=1S/C34H31FN2O4/c1-20-22(3)37(19-23-12-14-24(15-13-23)27-8-5-6-9-28(27)34(39)40)30-17-16-25(18-29(20)30)33(38)36-21(2)26-10-7-11-31(41-4)32(26)35/h5-18,21H,19H2,1-4H3,(H,36,38)(H,39,40). The van der Waals surface area contributed by atoms with Gasteiger partial charge in [0.15, 0.2) is 11.6 Å². The third-order valence-electron chi connectivity index (χ3n) is 7.69. The van der Waals surface area contributed by atoms with Gasteiger partial charge in [0.1, 0.15) is 0 Å². The van der Waals surface area contributed by atoms with Crippen LogP contribution in [0.5, 0.6) is 5.75 Å². The molecule has 208 valence electrons. The number of carbonyl (C=O) groups excluding carboxylic acids is 1. The zero-order chi connectivity index (χ0) is 29.3. The Hall–Kier alpha value is -4.91. The van der Waals surface area contributed by atoms with Gasteiger partial charge in [-0.1, -0.05) is 54.6 Å². The van der Waals surface area contributed by atoms with Crippen LogP contribution in [0.15, 0.2) is 84.9 Å². The zero-order valence-electron chi connectivity index (χ0n) is 23.4. The van der Waals surface area contributed by atoms with E-state index in [4.69, 9.17) is 4.74 Å². The molecule has 0 saturated heterocycles. The predicted octanol–water partition coefficient (Wildman–Crippen LogP) is 7.31. The molecule has 2 N–H and O–H groups in total. The van der Waals surface area contributed by atoms with Crippen molar-refractivity contribution in [1.29, 1.82) is 0 Å². The molecular weight excluding hydrogens is 519 g/mol. The lowest BCUT2D eigenvalue weighted by atomic mass is 9.99. The Morgan fingerprint density at radius 3 is 2.41 bits per heavy atom. The van der Waals surface area contributed by atoms with Crippen LogP contribution in [-0.4, -0.2) is 28.7 Å². The SMILES string of the molecule is COc1cccc(C(C)NC(=O)c2ccc3c(c2)c(C)c(C)n3Cc2ccc(-c3ccccc3C(=O)O)cc2)c1F. The van der Waals surface area contributed by atoms with E-state index >= 15 is 0 Å². The topological polar surface area (TPSA) is 80.6 Å². The van der Waals surface area contributed by atoms with Crippen molar-refractivity contribution in [2.45, 2.75) is 33.4 Å². The highest BCUT2D eigenvalue weighted by molar-refractivity contribution is 5.99. The summed E-state index contributed by atoms with van der Waals surface area (Å²) in [6.45, 7) is 6.46. The summed E-state index contributed by atoms with van der Waals surface area (Å²) in [5.74, 6) is -1.59. The number of carboxylic acids is 1. The highest BCUT2D eigenvalue weighted by Gasteiger charge is 2.19. The average molecular weight is 551 g/mol. The van der Waals surface area contributed by atoms with Crippen LogP contribution in [0.2, 0.25) is 0 Å². The first-order chi connectivity index (χ1) is 19.7. The number of fused-ring (bicyclic) bond motifs is 1. The summed E-state index contributed by atoms with van der Waals surface area (Å²) in [6.07, 6.45) is 0. The molecule has 1 aromatic heterocycles. The Labute approximate surface area is 238 Å². The lowest BCUT2D eigenvalue weighted by Gasteiger charge is -2.16. The first-order valence-corrected chi connectivity index (χ1v) is 13.3.